The SMILES string of the molecule is O=C(NCc1ccccc1)C(=O)N/N=C\c1ccccc1OCC(=O)N1CCCC1. The van der Waals surface area contributed by atoms with Gasteiger partial charge in [-0.05, 0) is 30.5 Å². The Bertz CT molecular complexity index is 908. The Balaban J connectivity index is 1.48. The minimum absolute atomic E-state index is 0.0531. The highest BCUT2D eigenvalue weighted by molar-refractivity contribution is 6.35. The van der Waals surface area contributed by atoms with Crippen LogP contribution < -0.4 is 15.5 Å². The molecule has 30 heavy (non-hydrogen) atoms. The molecule has 8 nitrogen and oxygen atoms in total. The Hall–Kier alpha value is -3.68. The van der Waals surface area contributed by atoms with E-state index in [-0.39, 0.29) is 19.1 Å². The molecule has 1 fully saturated rings. The number of hydrogen-bond donors (Lipinski definition) is 2. The molecule has 0 saturated carbocycles. The van der Waals surface area contributed by atoms with Crippen molar-refractivity contribution in [3.05, 3.63) is 65.7 Å². The second-order valence-electron chi connectivity index (χ2n) is 6.78. The molecule has 1 heterocycles. The molecule has 156 valence electrons. The average Bonchev–Trinajstić information content (AvgIpc) is 3.32. The number of carbonyl (C=O) groups is 3. The van der Waals surface area contributed by atoms with Crippen LogP contribution in [0.4, 0.5) is 0 Å². The molecule has 3 rings (SSSR count). The Kier molecular flexibility index (Phi) is 7.54. The summed E-state index contributed by atoms with van der Waals surface area (Å²) < 4.78 is 5.63. The van der Waals surface area contributed by atoms with Crippen molar-refractivity contribution in [3.63, 3.8) is 0 Å². The van der Waals surface area contributed by atoms with Crippen LogP contribution >= 0.6 is 0 Å². The highest BCUT2D eigenvalue weighted by Crippen LogP contribution is 2.16. The van der Waals surface area contributed by atoms with E-state index in [9.17, 15) is 14.4 Å². The van der Waals surface area contributed by atoms with Gasteiger partial charge in [0.25, 0.3) is 5.91 Å². The Labute approximate surface area is 174 Å². The molecule has 0 radical (unpaired) electrons. The lowest BCUT2D eigenvalue weighted by Gasteiger charge is -2.16. The number of para-hydroxylation sites is 1. The van der Waals surface area contributed by atoms with E-state index in [4.69, 9.17) is 4.74 Å². The van der Waals surface area contributed by atoms with Crippen molar-refractivity contribution in [1.29, 1.82) is 0 Å². The second kappa shape index (κ2) is 10.8. The summed E-state index contributed by atoms with van der Waals surface area (Å²) in [7, 11) is 0. The standard InChI is InChI=1S/C22H24N4O4/c27-20(26-12-6-7-13-26)16-30-19-11-5-4-10-18(19)15-24-25-22(29)21(28)23-14-17-8-2-1-3-9-17/h1-5,8-11,15H,6-7,12-14,16H2,(H,23,28)(H,25,29)/b24-15-. The first-order valence-corrected chi connectivity index (χ1v) is 9.78. The molecule has 1 aliphatic heterocycles. The Morgan fingerprint density at radius 3 is 2.43 bits per heavy atom. The maximum atomic E-state index is 12.1. The van der Waals surface area contributed by atoms with Gasteiger partial charge < -0.3 is 15.0 Å². The van der Waals surface area contributed by atoms with Crippen LogP contribution in [-0.2, 0) is 20.9 Å². The van der Waals surface area contributed by atoms with E-state index < -0.39 is 11.8 Å². The van der Waals surface area contributed by atoms with Crippen LogP contribution in [0.25, 0.3) is 0 Å². The maximum Gasteiger partial charge on any atom is 0.329 e. The molecule has 0 bridgehead atoms. The normalized spacial score (nSPS) is 13.3. The van der Waals surface area contributed by atoms with Gasteiger partial charge >= 0.3 is 11.8 Å². The van der Waals surface area contributed by atoms with Gasteiger partial charge in [0.2, 0.25) is 0 Å². The van der Waals surface area contributed by atoms with Crippen LogP contribution in [0.2, 0.25) is 0 Å². The molecule has 3 amide bonds. The number of rotatable bonds is 7. The number of nitrogens with zero attached hydrogens (tertiary/aromatic N) is 2. The van der Waals surface area contributed by atoms with E-state index in [1.54, 1.807) is 29.2 Å². The van der Waals surface area contributed by atoms with Crippen LogP contribution in [0.15, 0.2) is 59.7 Å². The number of benzene rings is 2. The van der Waals surface area contributed by atoms with Gasteiger partial charge in [0.15, 0.2) is 6.61 Å². The third-order valence-electron chi connectivity index (χ3n) is 4.60. The van der Waals surface area contributed by atoms with Gasteiger partial charge in [-0.15, -0.1) is 0 Å². The van der Waals surface area contributed by atoms with E-state index in [0.717, 1.165) is 31.5 Å². The molecule has 0 atom stereocenters. The van der Waals surface area contributed by atoms with Gasteiger partial charge in [-0.25, -0.2) is 5.43 Å². The summed E-state index contributed by atoms with van der Waals surface area (Å²) in [5.41, 5.74) is 3.66. The van der Waals surface area contributed by atoms with Crippen molar-refractivity contribution in [2.75, 3.05) is 19.7 Å². The number of hydrazone groups is 1. The molecule has 0 unspecified atom stereocenters. The molecular weight excluding hydrogens is 384 g/mol. The van der Waals surface area contributed by atoms with Crippen molar-refractivity contribution in [3.8, 4) is 5.75 Å². The average molecular weight is 408 g/mol. The van der Waals surface area contributed by atoms with Crippen molar-refractivity contribution in [2.45, 2.75) is 19.4 Å². The van der Waals surface area contributed by atoms with Gasteiger partial charge in [0.1, 0.15) is 5.75 Å². The lowest BCUT2D eigenvalue weighted by molar-refractivity contribution is -0.139. The van der Waals surface area contributed by atoms with Crippen LogP contribution in [0.3, 0.4) is 0 Å². The molecule has 1 aliphatic rings. The number of nitrogens with one attached hydrogen (secondary N) is 2. The summed E-state index contributed by atoms with van der Waals surface area (Å²) >= 11 is 0. The summed E-state index contributed by atoms with van der Waals surface area (Å²) in [6, 6.07) is 16.3. The molecule has 2 N–H and O–H groups in total. The summed E-state index contributed by atoms with van der Waals surface area (Å²) in [6.45, 7) is 1.73. The molecular formula is C22H24N4O4. The van der Waals surface area contributed by atoms with Gasteiger partial charge in [0.05, 0.1) is 6.21 Å². The number of likely N-dealkylation sites (tertiary alicyclic amines) is 1. The first-order valence-electron chi connectivity index (χ1n) is 9.78. The highest BCUT2D eigenvalue weighted by Gasteiger charge is 2.18. The molecule has 1 saturated heterocycles. The predicted molar refractivity (Wildman–Crippen MR) is 112 cm³/mol. The zero-order valence-electron chi connectivity index (χ0n) is 16.5. The second-order valence-corrected chi connectivity index (χ2v) is 6.78. The summed E-state index contributed by atoms with van der Waals surface area (Å²) in [4.78, 5) is 37.7. The van der Waals surface area contributed by atoms with Crippen molar-refractivity contribution < 1.29 is 19.1 Å². The number of amides is 3. The van der Waals surface area contributed by atoms with Crippen LogP contribution in [0.1, 0.15) is 24.0 Å². The Morgan fingerprint density at radius 1 is 0.967 bits per heavy atom. The predicted octanol–water partition coefficient (Wildman–Crippen LogP) is 1.45. The number of hydrogen-bond acceptors (Lipinski definition) is 5. The monoisotopic (exact) mass is 408 g/mol. The zero-order valence-corrected chi connectivity index (χ0v) is 16.5. The summed E-state index contributed by atoms with van der Waals surface area (Å²) in [6.07, 6.45) is 3.42. The third kappa shape index (κ3) is 6.16. The molecule has 2 aromatic carbocycles. The first-order chi connectivity index (χ1) is 14.6. The lowest BCUT2D eigenvalue weighted by atomic mass is 10.2. The minimum atomic E-state index is -0.871. The van der Waals surface area contributed by atoms with E-state index in [0.29, 0.717) is 11.3 Å². The topological polar surface area (TPSA) is 100 Å². The fourth-order valence-electron chi connectivity index (χ4n) is 2.99. The fraction of sp³-hybridized carbons (Fsp3) is 0.273. The number of carbonyl (C=O) groups excluding carboxylic acids is 3. The maximum absolute atomic E-state index is 12.1. The van der Waals surface area contributed by atoms with E-state index in [2.05, 4.69) is 15.8 Å². The summed E-state index contributed by atoms with van der Waals surface area (Å²) in [5.74, 6) is -1.24. The highest BCUT2D eigenvalue weighted by atomic mass is 16.5. The smallest absolute Gasteiger partial charge is 0.329 e. The zero-order chi connectivity index (χ0) is 21.2. The Morgan fingerprint density at radius 2 is 1.67 bits per heavy atom. The molecule has 2 aromatic rings. The van der Waals surface area contributed by atoms with Gasteiger partial charge in [-0.1, -0.05) is 42.5 Å². The third-order valence-corrected chi connectivity index (χ3v) is 4.60. The van der Waals surface area contributed by atoms with Crippen LogP contribution in [0, 0.1) is 0 Å². The minimum Gasteiger partial charge on any atom is -0.483 e. The largest absolute Gasteiger partial charge is 0.483 e. The quantitative estimate of drug-likeness (QED) is 0.411. The fourth-order valence-corrected chi connectivity index (χ4v) is 2.99. The van der Waals surface area contributed by atoms with E-state index >= 15 is 0 Å². The molecule has 8 heteroatoms. The van der Waals surface area contributed by atoms with Crippen molar-refractivity contribution >= 4 is 23.9 Å². The van der Waals surface area contributed by atoms with Gasteiger partial charge in [-0.2, -0.15) is 5.10 Å². The van der Waals surface area contributed by atoms with Crippen LogP contribution in [-0.4, -0.2) is 48.5 Å². The molecule has 0 spiro atoms. The summed E-state index contributed by atoms with van der Waals surface area (Å²) in [5, 5.41) is 6.35. The molecule has 0 aromatic heterocycles. The van der Waals surface area contributed by atoms with Crippen molar-refractivity contribution in [1.82, 2.24) is 15.6 Å². The van der Waals surface area contributed by atoms with E-state index in [1.165, 1.54) is 6.21 Å². The van der Waals surface area contributed by atoms with E-state index in [1.807, 2.05) is 30.3 Å². The van der Waals surface area contributed by atoms with Crippen molar-refractivity contribution in [2.24, 2.45) is 5.10 Å². The lowest BCUT2D eigenvalue weighted by Crippen LogP contribution is -2.37. The first kappa shape index (κ1) is 21.0. The number of ether oxygens (including phenoxy) is 1. The van der Waals surface area contributed by atoms with Crippen LogP contribution in [0.5, 0.6) is 5.75 Å². The van der Waals surface area contributed by atoms with Gasteiger partial charge in [-0.3, -0.25) is 14.4 Å². The molecule has 0 aliphatic carbocycles. The van der Waals surface area contributed by atoms with Gasteiger partial charge in [0, 0.05) is 25.2 Å².